The lowest BCUT2D eigenvalue weighted by Gasteiger charge is -2.23. The molecule has 0 aliphatic heterocycles. The Morgan fingerprint density at radius 2 is 1.74 bits per heavy atom. The number of benzene rings is 1. The van der Waals surface area contributed by atoms with Crippen LogP contribution in [0.15, 0.2) is 18.2 Å². The van der Waals surface area contributed by atoms with Gasteiger partial charge in [-0.3, -0.25) is 0 Å². The summed E-state index contributed by atoms with van der Waals surface area (Å²) in [6, 6.07) is 6.87. The first kappa shape index (κ1) is 15.5. The highest BCUT2D eigenvalue weighted by molar-refractivity contribution is 5.50. The molecular weight excluding hydrogens is 239 g/mol. The zero-order valence-corrected chi connectivity index (χ0v) is 12.2. The van der Waals surface area contributed by atoms with Gasteiger partial charge in [0.15, 0.2) is 0 Å². The first-order valence-electron chi connectivity index (χ1n) is 6.88. The van der Waals surface area contributed by atoms with E-state index in [4.69, 9.17) is 5.26 Å². The van der Waals surface area contributed by atoms with Crippen molar-refractivity contribution < 1.29 is 4.39 Å². The second-order valence-electron chi connectivity index (χ2n) is 5.91. The van der Waals surface area contributed by atoms with Crippen LogP contribution in [-0.4, -0.2) is 6.04 Å². The molecule has 0 amide bonds. The van der Waals surface area contributed by atoms with Gasteiger partial charge in [-0.2, -0.15) is 5.26 Å². The lowest BCUT2D eigenvalue weighted by Crippen LogP contribution is -2.23. The largest absolute Gasteiger partial charge is 0.382 e. The number of nitrogens with zero attached hydrogens (tertiary/aromatic N) is 1. The van der Waals surface area contributed by atoms with Crippen LogP contribution in [0.25, 0.3) is 0 Å². The molecule has 104 valence electrons. The first-order valence-corrected chi connectivity index (χ1v) is 6.88. The van der Waals surface area contributed by atoms with Gasteiger partial charge in [-0.1, -0.05) is 27.7 Å². The van der Waals surface area contributed by atoms with Gasteiger partial charge in [0.1, 0.15) is 11.9 Å². The third-order valence-corrected chi connectivity index (χ3v) is 2.97. The van der Waals surface area contributed by atoms with E-state index in [1.54, 1.807) is 12.1 Å². The van der Waals surface area contributed by atoms with Crippen LogP contribution in [0.1, 0.15) is 46.1 Å². The summed E-state index contributed by atoms with van der Waals surface area (Å²) in [6.07, 6.45) is 2.13. The fourth-order valence-electron chi connectivity index (χ4n) is 2.29. The van der Waals surface area contributed by atoms with E-state index in [0.717, 1.165) is 18.5 Å². The second kappa shape index (κ2) is 7.13. The molecule has 0 heterocycles. The maximum Gasteiger partial charge on any atom is 0.141 e. The lowest BCUT2D eigenvalue weighted by molar-refractivity contribution is 0.442. The topological polar surface area (TPSA) is 35.8 Å². The molecule has 0 aliphatic rings. The molecule has 1 aromatic carbocycles. The molecule has 0 saturated heterocycles. The third kappa shape index (κ3) is 5.30. The summed E-state index contributed by atoms with van der Waals surface area (Å²) in [6.45, 7) is 8.78. The van der Waals surface area contributed by atoms with Crippen molar-refractivity contribution in [3.8, 4) is 6.07 Å². The van der Waals surface area contributed by atoms with E-state index in [9.17, 15) is 4.39 Å². The fraction of sp³-hybridized carbons (Fsp3) is 0.562. The summed E-state index contributed by atoms with van der Waals surface area (Å²) in [5.41, 5.74) is 0.919. The smallest absolute Gasteiger partial charge is 0.141 e. The Kier molecular flexibility index (Phi) is 5.82. The summed E-state index contributed by atoms with van der Waals surface area (Å²) >= 11 is 0. The molecule has 2 nitrogen and oxygen atoms in total. The highest BCUT2D eigenvalue weighted by atomic mass is 19.1. The van der Waals surface area contributed by atoms with Crippen molar-refractivity contribution in [2.45, 2.75) is 46.6 Å². The van der Waals surface area contributed by atoms with Gasteiger partial charge in [0, 0.05) is 11.7 Å². The van der Waals surface area contributed by atoms with Gasteiger partial charge < -0.3 is 5.32 Å². The van der Waals surface area contributed by atoms with Gasteiger partial charge >= 0.3 is 0 Å². The normalized spacial score (nSPS) is 11.1. The van der Waals surface area contributed by atoms with Crippen LogP contribution < -0.4 is 5.32 Å². The molecule has 1 aromatic rings. The number of nitriles is 1. The fourth-order valence-corrected chi connectivity index (χ4v) is 2.29. The summed E-state index contributed by atoms with van der Waals surface area (Å²) in [4.78, 5) is 0. The van der Waals surface area contributed by atoms with E-state index in [1.165, 1.54) is 6.07 Å². The van der Waals surface area contributed by atoms with Crippen molar-refractivity contribution in [2.75, 3.05) is 5.32 Å². The molecule has 0 unspecified atom stereocenters. The SMILES string of the molecule is CC(C)CC(CC(C)C)Nc1ccc(F)c(C#N)c1. The molecule has 19 heavy (non-hydrogen) atoms. The Labute approximate surface area is 115 Å². The zero-order valence-electron chi connectivity index (χ0n) is 12.2. The van der Waals surface area contributed by atoms with Crippen LogP contribution >= 0.6 is 0 Å². The number of hydrogen-bond acceptors (Lipinski definition) is 2. The number of anilines is 1. The lowest BCUT2D eigenvalue weighted by atomic mass is 9.95. The number of rotatable bonds is 6. The number of halogens is 1. The number of hydrogen-bond donors (Lipinski definition) is 1. The zero-order chi connectivity index (χ0) is 14.4. The molecule has 0 spiro atoms. The van der Waals surface area contributed by atoms with Crippen LogP contribution in [0.5, 0.6) is 0 Å². The van der Waals surface area contributed by atoms with Crippen LogP contribution in [0, 0.1) is 29.0 Å². The minimum absolute atomic E-state index is 0.0952. The van der Waals surface area contributed by atoms with Gasteiger partial charge in [-0.05, 0) is 42.9 Å². The van der Waals surface area contributed by atoms with Gasteiger partial charge in [-0.15, -0.1) is 0 Å². The van der Waals surface area contributed by atoms with E-state index in [0.29, 0.717) is 17.9 Å². The average Bonchev–Trinajstić information content (AvgIpc) is 2.29. The molecule has 0 fully saturated rings. The Hall–Kier alpha value is -1.56. The van der Waals surface area contributed by atoms with E-state index < -0.39 is 5.82 Å². The van der Waals surface area contributed by atoms with Crippen LogP contribution in [0.4, 0.5) is 10.1 Å². The molecule has 0 atom stereocenters. The van der Waals surface area contributed by atoms with E-state index in [1.807, 2.05) is 6.07 Å². The van der Waals surface area contributed by atoms with Crippen molar-refractivity contribution in [3.63, 3.8) is 0 Å². The van der Waals surface area contributed by atoms with Crippen LogP contribution in [0.3, 0.4) is 0 Å². The minimum atomic E-state index is -0.461. The summed E-state index contributed by atoms with van der Waals surface area (Å²) in [5, 5.41) is 12.3. The highest BCUT2D eigenvalue weighted by Crippen LogP contribution is 2.20. The maximum atomic E-state index is 13.3. The predicted octanol–water partition coefficient (Wildman–Crippen LogP) is 4.57. The first-order chi connectivity index (χ1) is 8.92. The molecule has 1 N–H and O–H groups in total. The quantitative estimate of drug-likeness (QED) is 0.815. The van der Waals surface area contributed by atoms with Crippen molar-refractivity contribution in [2.24, 2.45) is 11.8 Å². The Bertz CT molecular complexity index is 437. The highest BCUT2D eigenvalue weighted by Gasteiger charge is 2.13. The van der Waals surface area contributed by atoms with Crippen molar-refractivity contribution in [3.05, 3.63) is 29.6 Å². The monoisotopic (exact) mass is 262 g/mol. The van der Waals surface area contributed by atoms with Crippen molar-refractivity contribution in [1.82, 2.24) is 0 Å². The second-order valence-corrected chi connectivity index (χ2v) is 5.91. The van der Waals surface area contributed by atoms with E-state index in [-0.39, 0.29) is 5.56 Å². The Morgan fingerprint density at radius 1 is 1.16 bits per heavy atom. The molecular formula is C16H23FN2. The molecule has 1 rings (SSSR count). The third-order valence-electron chi connectivity index (χ3n) is 2.97. The summed E-state index contributed by atoms with van der Waals surface area (Å²) < 4.78 is 13.3. The molecule has 0 aromatic heterocycles. The minimum Gasteiger partial charge on any atom is -0.382 e. The average molecular weight is 262 g/mol. The Morgan fingerprint density at radius 3 is 2.21 bits per heavy atom. The Balaban J connectivity index is 2.81. The van der Waals surface area contributed by atoms with Gasteiger partial charge in [0.25, 0.3) is 0 Å². The van der Waals surface area contributed by atoms with Crippen LogP contribution in [0.2, 0.25) is 0 Å². The summed E-state index contributed by atoms with van der Waals surface area (Å²) in [7, 11) is 0. The summed E-state index contributed by atoms with van der Waals surface area (Å²) in [5.74, 6) is 0.747. The van der Waals surface area contributed by atoms with Crippen molar-refractivity contribution in [1.29, 1.82) is 5.26 Å². The molecule has 0 bridgehead atoms. The van der Waals surface area contributed by atoms with Gasteiger partial charge in [-0.25, -0.2) is 4.39 Å². The van der Waals surface area contributed by atoms with E-state index >= 15 is 0 Å². The standard InChI is InChI=1S/C16H23FN2/c1-11(2)7-15(8-12(3)4)19-14-5-6-16(17)13(9-14)10-18/h5-6,9,11-12,15,19H,7-8H2,1-4H3. The molecule has 0 aliphatic carbocycles. The van der Waals surface area contributed by atoms with Gasteiger partial charge in [0.05, 0.1) is 5.56 Å². The molecule has 0 saturated carbocycles. The van der Waals surface area contributed by atoms with Gasteiger partial charge in [0.2, 0.25) is 0 Å². The number of nitrogens with one attached hydrogen (secondary N) is 1. The molecule has 3 heteroatoms. The maximum absolute atomic E-state index is 13.3. The van der Waals surface area contributed by atoms with Crippen molar-refractivity contribution >= 4 is 5.69 Å². The van der Waals surface area contributed by atoms with E-state index in [2.05, 4.69) is 33.0 Å². The van der Waals surface area contributed by atoms with Crippen LogP contribution in [-0.2, 0) is 0 Å². The predicted molar refractivity (Wildman–Crippen MR) is 77.4 cm³/mol. The molecule has 0 radical (unpaired) electrons.